The number of carbonyl (C=O) groups is 1. The highest BCUT2D eigenvalue weighted by molar-refractivity contribution is 7.86. The Morgan fingerprint density at radius 2 is 1.49 bits per heavy atom. The number of fused-ring (bicyclic) bond motifs is 2. The van der Waals surface area contributed by atoms with Crippen molar-refractivity contribution in [2.45, 2.75) is 85.5 Å². The van der Waals surface area contributed by atoms with E-state index in [-0.39, 0.29) is 43.4 Å². The van der Waals surface area contributed by atoms with Gasteiger partial charge >= 0.3 is 5.97 Å². The lowest BCUT2D eigenvalue weighted by Crippen LogP contribution is -3.10. The first-order valence-electron chi connectivity index (χ1n) is 18.6. The first kappa shape index (κ1) is 46.4. The number of nitrogens with zero attached hydrogens (tertiary/aromatic N) is 1. The number of hydrogen-bond donors (Lipinski definition) is 2. The van der Waals surface area contributed by atoms with Crippen molar-refractivity contribution < 1.29 is 67.9 Å². The van der Waals surface area contributed by atoms with Crippen molar-refractivity contribution in [1.29, 1.82) is 0 Å². The van der Waals surface area contributed by atoms with Gasteiger partial charge in [-0.05, 0) is 100 Å². The van der Waals surface area contributed by atoms with Crippen LogP contribution in [0.3, 0.4) is 0 Å². The Labute approximate surface area is 335 Å². The van der Waals surface area contributed by atoms with Crippen molar-refractivity contribution in [2.75, 3.05) is 64.4 Å². The topological polar surface area (TPSA) is 244 Å². The monoisotopic (exact) mass is 856 g/mol. The molecular weight excluding hydrogens is 805 g/mol. The third kappa shape index (κ3) is 11.5. The summed E-state index contributed by atoms with van der Waals surface area (Å²) in [6, 6.07) is 8.04. The smallest absolute Gasteiger partial charge is 0.303 e. The molecule has 4 unspecified atom stereocenters. The summed E-state index contributed by atoms with van der Waals surface area (Å²) in [4.78, 5) is 13.2. The van der Waals surface area contributed by atoms with E-state index >= 15 is 0 Å². The van der Waals surface area contributed by atoms with E-state index in [1.54, 1.807) is 27.2 Å². The minimum Gasteiger partial charge on any atom is -0.748 e. The molecule has 0 saturated carbocycles. The zero-order valence-corrected chi connectivity index (χ0v) is 35.0. The lowest BCUT2D eigenvalue weighted by Gasteiger charge is -2.32. The molecule has 4 rings (SSSR count). The lowest BCUT2D eigenvalue weighted by atomic mass is 9.75. The number of allylic oxidation sites excluding steroid dienone is 3. The minimum atomic E-state index is -4.88. The van der Waals surface area contributed by atoms with Crippen LogP contribution in [0, 0.1) is 0 Å². The maximum absolute atomic E-state index is 12.2. The third-order valence-corrected chi connectivity index (χ3v) is 13.4. The van der Waals surface area contributed by atoms with Gasteiger partial charge in [-0.3, -0.25) is 9.69 Å². The van der Waals surface area contributed by atoms with Gasteiger partial charge in [0.2, 0.25) is 0 Å². The maximum Gasteiger partial charge on any atom is 0.303 e. The number of unbranched alkanes of at least 4 members (excludes halogenated alkanes) is 2. The Balaban J connectivity index is 1.86. The van der Waals surface area contributed by atoms with Crippen molar-refractivity contribution in [3.05, 3.63) is 71.5 Å². The third-order valence-electron chi connectivity index (χ3n) is 11.0. The number of ether oxygens (including phenoxy) is 3. The second-order valence-corrected chi connectivity index (χ2v) is 19.1. The van der Waals surface area contributed by atoms with Crippen LogP contribution in [0.15, 0.2) is 70.1 Å². The van der Waals surface area contributed by atoms with Gasteiger partial charge in [0.25, 0.3) is 0 Å². The number of carboxylic acid groups (broad SMARTS) is 1. The molecule has 0 aromatic heterocycles. The molecule has 0 bridgehead atoms. The standard InChI is InChI=1S/C38H54N2O14S3/c1-37(17-9-25-55(43,44)45)30-26-28(56(46,47)48)14-16-33(30)40(20-22-54-24-23-53-4)34(37)10-8-11-35-38(2,18-21-52-3)31-27-29(57(49,50)51)13-15-32(31)39(35)19-7-5-6-12-36(41)42/h8,10-11,13-16,26-27,35H,5-7,9,12,17-25H2,1-4H3,(H,41,42)(H,43,44,45)(H,46,47,48)(H,49,50,51)/p-2/b11-8+,34-10+. The molecule has 2 aromatic carbocycles. The van der Waals surface area contributed by atoms with Gasteiger partial charge in [-0.15, -0.1) is 0 Å². The number of anilines is 1. The summed E-state index contributed by atoms with van der Waals surface area (Å²) >= 11 is 0. The minimum absolute atomic E-state index is 0.0250. The number of nitrogens with one attached hydrogen (secondary N) is 1. The number of aliphatic carboxylic acids is 1. The van der Waals surface area contributed by atoms with Crippen molar-refractivity contribution in [3.8, 4) is 0 Å². The van der Waals surface area contributed by atoms with Gasteiger partial charge in [0.1, 0.15) is 32.0 Å². The summed E-state index contributed by atoms with van der Waals surface area (Å²) in [6.45, 7) is 5.76. The summed E-state index contributed by atoms with van der Waals surface area (Å²) in [5.41, 5.74) is 1.27. The van der Waals surface area contributed by atoms with Crippen LogP contribution in [-0.4, -0.2) is 116 Å². The predicted octanol–water partition coefficient (Wildman–Crippen LogP) is 2.54. The molecule has 2 N–H and O–H groups in total. The fourth-order valence-electron chi connectivity index (χ4n) is 8.09. The van der Waals surface area contributed by atoms with Crippen LogP contribution in [0.2, 0.25) is 0 Å². The van der Waals surface area contributed by atoms with Crippen LogP contribution in [0.5, 0.6) is 0 Å². The maximum atomic E-state index is 12.2. The summed E-state index contributed by atoms with van der Waals surface area (Å²) in [5, 5.41) is 9.15. The average Bonchev–Trinajstić information content (AvgIpc) is 3.49. The van der Waals surface area contributed by atoms with Crippen LogP contribution < -0.4 is 9.80 Å². The molecule has 318 valence electrons. The Morgan fingerprint density at radius 1 is 0.842 bits per heavy atom. The van der Waals surface area contributed by atoms with Crippen molar-refractivity contribution >= 4 is 47.7 Å². The second kappa shape index (κ2) is 19.2. The Morgan fingerprint density at radius 3 is 2.11 bits per heavy atom. The second-order valence-electron chi connectivity index (χ2n) is 14.8. The van der Waals surface area contributed by atoms with E-state index in [2.05, 4.69) is 0 Å². The van der Waals surface area contributed by atoms with E-state index in [0.29, 0.717) is 74.6 Å². The van der Waals surface area contributed by atoms with E-state index in [1.807, 2.05) is 30.1 Å². The molecule has 0 amide bonds. The molecule has 57 heavy (non-hydrogen) atoms. The number of hydrogen-bond acceptors (Lipinski definition) is 14. The number of quaternary nitrogens is 1. The van der Waals surface area contributed by atoms with Gasteiger partial charge in [-0.2, -0.15) is 0 Å². The molecule has 4 atom stereocenters. The lowest BCUT2D eigenvalue weighted by molar-refractivity contribution is -0.851. The van der Waals surface area contributed by atoms with Crippen LogP contribution in [0.25, 0.3) is 0 Å². The van der Waals surface area contributed by atoms with Crippen LogP contribution >= 0.6 is 0 Å². The summed E-state index contributed by atoms with van der Waals surface area (Å²) in [7, 11) is -11.2. The average molecular weight is 857 g/mol. The largest absolute Gasteiger partial charge is 0.748 e. The number of carboxylic acids is 1. The molecular formula is C38H52N2O14S3-2. The highest BCUT2D eigenvalue weighted by Gasteiger charge is 2.51. The summed E-state index contributed by atoms with van der Waals surface area (Å²) in [6.07, 6.45) is 7.87. The Bertz CT molecular complexity index is 2140. The fraction of sp³-hybridized carbons (Fsp3) is 0.553. The van der Waals surface area contributed by atoms with Crippen LogP contribution in [0.4, 0.5) is 11.4 Å². The Kier molecular flexibility index (Phi) is 15.7. The van der Waals surface area contributed by atoms with Crippen molar-refractivity contribution in [1.82, 2.24) is 0 Å². The van der Waals surface area contributed by atoms with Gasteiger partial charge in [0.05, 0.1) is 51.7 Å². The first-order chi connectivity index (χ1) is 26.7. The zero-order chi connectivity index (χ0) is 42.2. The fourth-order valence-corrected chi connectivity index (χ4v) is 9.59. The van der Waals surface area contributed by atoms with E-state index in [1.165, 1.54) is 30.3 Å². The molecule has 0 fully saturated rings. The van der Waals surface area contributed by atoms with E-state index in [4.69, 9.17) is 19.3 Å². The number of rotatable bonds is 23. The van der Waals surface area contributed by atoms with Gasteiger partial charge < -0.3 is 37.9 Å². The molecule has 19 heteroatoms. The first-order valence-corrected chi connectivity index (χ1v) is 23.0. The van der Waals surface area contributed by atoms with E-state index < -0.39 is 57.8 Å². The molecule has 2 aromatic rings. The van der Waals surface area contributed by atoms with Crippen molar-refractivity contribution in [3.63, 3.8) is 0 Å². The molecule has 2 aliphatic heterocycles. The molecule has 0 saturated heterocycles. The zero-order valence-electron chi connectivity index (χ0n) is 32.6. The van der Waals surface area contributed by atoms with Crippen molar-refractivity contribution in [2.24, 2.45) is 0 Å². The highest BCUT2D eigenvalue weighted by Crippen LogP contribution is 2.51. The molecule has 0 aliphatic carbocycles. The molecule has 2 aliphatic rings. The molecule has 2 heterocycles. The van der Waals surface area contributed by atoms with E-state index in [9.17, 15) is 43.7 Å². The summed E-state index contributed by atoms with van der Waals surface area (Å²) < 4.78 is 124. The van der Waals surface area contributed by atoms with Crippen LogP contribution in [-0.2, 0) is 60.2 Å². The SMILES string of the molecule is COCCOCCN1/C(=C/C=C/C2[NH+](CCCCCC(=O)O)c3ccc(S(=O)(=O)[O-])cc3C2(C)CCOC)C(C)(CCCS(=O)(=O)[O-])c2cc(S(=O)(=O)[O-])ccc21. The van der Waals surface area contributed by atoms with Crippen LogP contribution in [0.1, 0.15) is 69.9 Å². The van der Waals surface area contributed by atoms with Gasteiger partial charge in [0, 0.05) is 68.0 Å². The predicted molar refractivity (Wildman–Crippen MR) is 206 cm³/mol. The quantitative estimate of drug-likeness (QED) is 0.121. The summed E-state index contributed by atoms with van der Waals surface area (Å²) in [5.74, 6) is -1.55. The molecule has 0 radical (unpaired) electrons. The van der Waals surface area contributed by atoms with Gasteiger partial charge in [-0.1, -0.05) is 6.08 Å². The normalized spacial score (nSPS) is 23.1. The van der Waals surface area contributed by atoms with E-state index in [0.717, 1.165) is 10.6 Å². The molecule has 16 nitrogen and oxygen atoms in total. The number of benzene rings is 2. The number of methoxy groups -OCH3 is 2. The Hall–Kier alpha value is -3.24. The molecule has 0 spiro atoms. The highest BCUT2D eigenvalue weighted by atomic mass is 32.2. The van der Waals surface area contributed by atoms with Gasteiger partial charge in [0.15, 0.2) is 0 Å². The van der Waals surface area contributed by atoms with Gasteiger partial charge in [-0.25, -0.2) is 25.3 Å².